The van der Waals surface area contributed by atoms with Gasteiger partial charge < -0.3 is 10.2 Å². The van der Waals surface area contributed by atoms with Crippen molar-refractivity contribution in [3.63, 3.8) is 0 Å². The van der Waals surface area contributed by atoms with Crippen LogP contribution in [0, 0.1) is 6.92 Å². The second kappa shape index (κ2) is 6.77. The van der Waals surface area contributed by atoms with Gasteiger partial charge in [0.05, 0.1) is 0 Å². The fraction of sp³-hybridized carbons (Fsp3) is 0.368. The third kappa shape index (κ3) is 3.64. The first-order valence-corrected chi connectivity index (χ1v) is 8.03. The highest BCUT2D eigenvalue weighted by molar-refractivity contribution is 5.53. The van der Waals surface area contributed by atoms with Crippen LogP contribution in [-0.2, 0) is 13.1 Å². The molecule has 1 heterocycles. The lowest BCUT2D eigenvalue weighted by atomic mass is 10.1. The zero-order chi connectivity index (χ0) is 14.5. The molecule has 0 bridgehead atoms. The molecule has 2 heteroatoms. The van der Waals surface area contributed by atoms with Gasteiger partial charge in [-0.05, 0) is 25.8 Å². The Morgan fingerprint density at radius 1 is 0.905 bits per heavy atom. The van der Waals surface area contributed by atoms with E-state index >= 15 is 0 Å². The summed E-state index contributed by atoms with van der Waals surface area (Å²) < 4.78 is 0. The predicted molar refractivity (Wildman–Crippen MR) is 88.4 cm³/mol. The minimum atomic E-state index is 1.05. The normalized spacial score (nSPS) is 14.6. The first kappa shape index (κ1) is 14.2. The predicted octanol–water partition coefficient (Wildman–Crippen LogP) is 2.86. The molecule has 2 N–H and O–H groups in total. The molecule has 0 amide bonds. The van der Waals surface area contributed by atoms with Crippen LogP contribution in [0.25, 0.3) is 0 Å². The summed E-state index contributed by atoms with van der Waals surface area (Å²) in [6.07, 6.45) is 2.67. The summed E-state index contributed by atoms with van der Waals surface area (Å²) in [4.78, 5) is 2.54. The van der Waals surface area contributed by atoms with E-state index in [1.165, 1.54) is 48.3 Å². The smallest absolute Gasteiger partial charge is 0.104 e. The minimum Gasteiger partial charge on any atom is -0.371 e. The number of nitrogens with two attached hydrogens (primary N) is 1. The zero-order valence-electron chi connectivity index (χ0n) is 12.9. The van der Waals surface area contributed by atoms with E-state index in [1.54, 1.807) is 0 Å². The Morgan fingerprint density at radius 3 is 2.38 bits per heavy atom. The highest BCUT2D eigenvalue weighted by Crippen LogP contribution is 2.23. The molecular formula is C19H25N2+. The molecule has 0 aliphatic carbocycles. The summed E-state index contributed by atoms with van der Waals surface area (Å²) in [6, 6.07) is 17.7. The maximum atomic E-state index is 2.54. The molecule has 0 unspecified atom stereocenters. The molecule has 0 radical (unpaired) electrons. The molecule has 0 atom stereocenters. The molecule has 1 saturated heterocycles. The fourth-order valence-electron chi connectivity index (χ4n) is 3.07. The van der Waals surface area contributed by atoms with Crippen LogP contribution in [0.1, 0.15) is 29.5 Å². The second-order valence-electron chi connectivity index (χ2n) is 6.01. The van der Waals surface area contributed by atoms with E-state index in [9.17, 15) is 0 Å². The van der Waals surface area contributed by atoms with Crippen LogP contribution >= 0.6 is 0 Å². The first-order valence-electron chi connectivity index (χ1n) is 8.03. The van der Waals surface area contributed by atoms with Gasteiger partial charge in [-0.2, -0.15) is 0 Å². The lowest BCUT2D eigenvalue weighted by Crippen LogP contribution is -2.80. The number of anilines is 1. The second-order valence-corrected chi connectivity index (χ2v) is 6.01. The van der Waals surface area contributed by atoms with E-state index in [4.69, 9.17) is 0 Å². The third-order valence-corrected chi connectivity index (χ3v) is 4.30. The molecule has 1 aliphatic heterocycles. The molecule has 3 rings (SSSR count). The summed E-state index contributed by atoms with van der Waals surface area (Å²) >= 11 is 0. The van der Waals surface area contributed by atoms with Crippen molar-refractivity contribution in [3.05, 3.63) is 65.2 Å². The van der Waals surface area contributed by atoms with Gasteiger partial charge >= 0.3 is 0 Å². The average molecular weight is 281 g/mol. The molecule has 0 aromatic heterocycles. The van der Waals surface area contributed by atoms with Crippen molar-refractivity contribution < 1.29 is 5.32 Å². The Bertz CT molecular complexity index is 568. The molecule has 2 aromatic rings. The van der Waals surface area contributed by atoms with Crippen molar-refractivity contribution in [2.75, 3.05) is 18.0 Å². The average Bonchev–Trinajstić information content (AvgIpc) is 3.04. The molecule has 2 nitrogen and oxygen atoms in total. The number of rotatable bonds is 5. The summed E-state index contributed by atoms with van der Waals surface area (Å²) in [7, 11) is 0. The van der Waals surface area contributed by atoms with Gasteiger partial charge in [-0.3, -0.25) is 0 Å². The van der Waals surface area contributed by atoms with Crippen LogP contribution in [0.5, 0.6) is 0 Å². The number of hydrogen-bond donors (Lipinski definition) is 1. The number of benzene rings is 2. The van der Waals surface area contributed by atoms with Gasteiger partial charge in [0.2, 0.25) is 0 Å². The van der Waals surface area contributed by atoms with Gasteiger partial charge in [0.25, 0.3) is 0 Å². The molecule has 2 aromatic carbocycles. The molecule has 0 saturated carbocycles. The minimum absolute atomic E-state index is 1.05. The van der Waals surface area contributed by atoms with Crippen molar-refractivity contribution in [2.45, 2.75) is 32.9 Å². The van der Waals surface area contributed by atoms with Crippen molar-refractivity contribution >= 4 is 5.69 Å². The monoisotopic (exact) mass is 281 g/mol. The van der Waals surface area contributed by atoms with Gasteiger partial charge in [-0.1, -0.05) is 48.0 Å². The van der Waals surface area contributed by atoms with Crippen LogP contribution in [0.3, 0.4) is 0 Å². The maximum absolute atomic E-state index is 2.54. The van der Waals surface area contributed by atoms with Crippen LogP contribution in [0.15, 0.2) is 48.5 Å². The molecule has 0 spiro atoms. The SMILES string of the molecule is Cc1ccc(C[NH2+]Cc2ccccc2N2CCCC2)cc1. The number of nitrogens with zero attached hydrogens (tertiary/aromatic N) is 1. The highest BCUT2D eigenvalue weighted by Gasteiger charge is 2.15. The van der Waals surface area contributed by atoms with Crippen molar-refractivity contribution in [3.8, 4) is 0 Å². The van der Waals surface area contributed by atoms with E-state index in [-0.39, 0.29) is 0 Å². The van der Waals surface area contributed by atoms with Gasteiger partial charge in [0, 0.05) is 29.9 Å². The molecule has 21 heavy (non-hydrogen) atoms. The number of para-hydroxylation sites is 1. The quantitative estimate of drug-likeness (QED) is 0.893. The standard InChI is InChI=1S/C19H24N2/c1-16-8-10-17(11-9-16)14-20-15-18-6-2-3-7-19(18)21-12-4-5-13-21/h2-3,6-11,20H,4-5,12-15H2,1H3/p+1. The van der Waals surface area contributed by atoms with Crippen molar-refractivity contribution in [1.29, 1.82) is 0 Å². The van der Waals surface area contributed by atoms with Gasteiger partial charge in [-0.15, -0.1) is 0 Å². The summed E-state index contributed by atoms with van der Waals surface area (Å²) in [5.74, 6) is 0. The van der Waals surface area contributed by atoms with Crippen molar-refractivity contribution in [1.82, 2.24) is 0 Å². The molecule has 110 valence electrons. The highest BCUT2D eigenvalue weighted by atomic mass is 15.1. The lowest BCUT2D eigenvalue weighted by Gasteiger charge is -2.20. The summed E-state index contributed by atoms with van der Waals surface area (Å²) in [6.45, 7) is 6.68. The van der Waals surface area contributed by atoms with Crippen LogP contribution in [0.2, 0.25) is 0 Å². The van der Waals surface area contributed by atoms with Gasteiger partial charge in [0.15, 0.2) is 0 Å². The summed E-state index contributed by atoms with van der Waals surface area (Å²) in [5.41, 5.74) is 5.64. The molecule has 1 aliphatic rings. The van der Waals surface area contributed by atoms with E-state index < -0.39 is 0 Å². The van der Waals surface area contributed by atoms with Crippen LogP contribution in [-0.4, -0.2) is 13.1 Å². The molecular weight excluding hydrogens is 256 g/mol. The van der Waals surface area contributed by atoms with E-state index in [0.717, 1.165) is 13.1 Å². The Morgan fingerprint density at radius 2 is 1.62 bits per heavy atom. The lowest BCUT2D eigenvalue weighted by molar-refractivity contribution is -0.686. The van der Waals surface area contributed by atoms with Crippen LogP contribution in [0.4, 0.5) is 5.69 Å². The van der Waals surface area contributed by atoms with E-state index in [0.29, 0.717) is 0 Å². The van der Waals surface area contributed by atoms with E-state index in [1.807, 2.05) is 0 Å². The van der Waals surface area contributed by atoms with Crippen molar-refractivity contribution in [2.24, 2.45) is 0 Å². The number of quaternary nitrogens is 1. The van der Waals surface area contributed by atoms with Gasteiger partial charge in [0.1, 0.15) is 13.1 Å². The largest absolute Gasteiger partial charge is 0.371 e. The Hall–Kier alpha value is -1.80. The van der Waals surface area contributed by atoms with Crippen LogP contribution < -0.4 is 10.2 Å². The van der Waals surface area contributed by atoms with E-state index in [2.05, 4.69) is 65.7 Å². The Labute approximate surface area is 127 Å². The fourth-order valence-corrected chi connectivity index (χ4v) is 3.07. The first-order chi connectivity index (χ1) is 10.3. The zero-order valence-corrected chi connectivity index (χ0v) is 12.9. The maximum Gasteiger partial charge on any atom is 0.104 e. The Kier molecular flexibility index (Phi) is 4.56. The topological polar surface area (TPSA) is 19.9 Å². The molecule has 1 fully saturated rings. The number of hydrogen-bond acceptors (Lipinski definition) is 1. The number of aryl methyl sites for hydroxylation is 1. The van der Waals surface area contributed by atoms with Gasteiger partial charge in [-0.25, -0.2) is 0 Å². The summed E-state index contributed by atoms with van der Waals surface area (Å²) in [5, 5.41) is 2.40. The Balaban J connectivity index is 1.61. The third-order valence-electron chi connectivity index (χ3n) is 4.30.